The van der Waals surface area contributed by atoms with Crippen molar-refractivity contribution >= 4 is 52.8 Å². The van der Waals surface area contributed by atoms with Gasteiger partial charge >= 0.3 is 35.5 Å². The van der Waals surface area contributed by atoms with Crippen molar-refractivity contribution in [3.05, 3.63) is 38.9 Å². The van der Waals surface area contributed by atoms with E-state index in [4.69, 9.17) is 16.7 Å². The van der Waals surface area contributed by atoms with E-state index in [1.807, 2.05) is 0 Å². The zero-order valence-corrected chi connectivity index (χ0v) is 6.99. The number of nitrogens with zero attached hydrogens (tertiary/aromatic N) is 1. The maximum absolute atomic E-state index is 10.5. The van der Waals surface area contributed by atoms with Gasteiger partial charge in [-0.05, 0) is 6.07 Å². The van der Waals surface area contributed by atoms with Gasteiger partial charge in [-0.25, -0.2) is 4.79 Å². The summed E-state index contributed by atoms with van der Waals surface area (Å²) < 4.78 is 0. The van der Waals surface area contributed by atoms with E-state index in [-0.39, 0.29) is 45.8 Å². The van der Waals surface area contributed by atoms with Crippen molar-refractivity contribution in [3.8, 4) is 0 Å². The van der Waals surface area contributed by atoms with Crippen LogP contribution in [0.25, 0.3) is 0 Å². The summed E-state index contributed by atoms with van der Waals surface area (Å²) in [5.41, 5.74) is -0.558. The molecule has 1 N–H and O–H groups in total. The van der Waals surface area contributed by atoms with Crippen LogP contribution < -0.4 is 0 Å². The fourth-order valence-corrected chi connectivity index (χ4v) is 0.989. The number of rotatable bonds is 2. The molecule has 0 aromatic heterocycles. The molecule has 0 amide bonds. The molecule has 0 unspecified atom stereocenters. The third kappa shape index (κ3) is 2.95. The maximum atomic E-state index is 10.5. The molecule has 0 saturated heterocycles. The summed E-state index contributed by atoms with van der Waals surface area (Å²) >= 11 is 5.49. The number of carboxylic acid groups (broad SMARTS) is 1. The zero-order chi connectivity index (χ0) is 10.0. The number of benzene rings is 1. The Morgan fingerprint density at radius 3 is 2.50 bits per heavy atom. The fourth-order valence-electron chi connectivity index (χ4n) is 0.791. The Morgan fingerprint density at radius 1 is 1.50 bits per heavy atom. The normalized spacial score (nSPS) is 8.93. The number of non-ortho nitro benzene ring substituents is 1. The monoisotopic (exact) mass is 225 g/mol. The first-order valence-corrected chi connectivity index (χ1v) is 3.57. The first-order chi connectivity index (χ1) is 6.02. The van der Waals surface area contributed by atoms with Crippen molar-refractivity contribution in [2.45, 2.75) is 0 Å². The van der Waals surface area contributed by atoms with Crippen molar-refractivity contribution in [2.24, 2.45) is 0 Å². The number of carboxylic acids is 1. The molecule has 0 aliphatic rings. The van der Waals surface area contributed by atoms with Crippen LogP contribution in [0.1, 0.15) is 10.4 Å². The molecular formula is C7H5ClNNaO4. The second-order valence-corrected chi connectivity index (χ2v) is 2.63. The molecular weight excluding hydrogens is 221 g/mol. The van der Waals surface area contributed by atoms with E-state index >= 15 is 0 Å². The van der Waals surface area contributed by atoms with E-state index in [1.165, 1.54) is 6.07 Å². The number of nitro groups is 1. The minimum atomic E-state index is -1.28. The molecule has 0 aliphatic carbocycles. The molecule has 0 radical (unpaired) electrons. The zero-order valence-electron chi connectivity index (χ0n) is 6.23. The molecule has 70 valence electrons. The van der Waals surface area contributed by atoms with Gasteiger partial charge in [0.1, 0.15) is 0 Å². The van der Waals surface area contributed by atoms with Crippen LogP contribution in [0.2, 0.25) is 5.02 Å². The van der Waals surface area contributed by atoms with Crippen LogP contribution in [0.15, 0.2) is 18.2 Å². The Kier molecular flexibility index (Phi) is 5.07. The molecule has 0 bridgehead atoms. The van der Waals surface area contributed by atoms with Gasteiger partial charge in [-0.1, -0.05) is 11.6 Å². The van der Waals surface area contributed by atoms with Crippen LogP contribution in [0, 0.1) is 10.1 Å². The molecule has 0 atom stereocenters. The van der Waals surface area contributed by atoms with E-state index in [2.05, 4.69) is 0 Å². The summed E-state index contributed by atoms with van der Waals surface area (Å²) in [4.78, 5) is 20.1. The Balaban J connectivity index is 0.00000169. The van der Waals surface area contributed by atoms with Crippen molar-refractivity contribution in [2.75, 3.05) is 0 Å². The molecule has 14 heavy (non-hydrogen) atoms. The van der Waals surface area contributed by atoms with E-state index in [9.17, 15) is 14.9 Å². The van der Waals surface area contributed by atoms with Crippen LogP contribution in [0.4, 0.5) is 5.69 Å². The number of carbonyl (C=O) groups is 1. The van der Waals surface area contributed by atoms with Gasteiger partial charge in [-0.3, -0.25) is 10.1 Å². The molecule has 5 nitrogen and oxygen atoms in total. The first-order valence-electron chi connectivity index (χ1n) is 3.19. The van der Waals surface area contributed by atoms with Crippen LogP contribution in [-0.4, -0.2) is 45.6 Å². The van der Waals surface area contributed by atoms with Crippen molar-refractivity contribution in [3.63, 3.8) is 0 Å². The minimum absolute atomic E-state index is 0. The molecule has 0 spiro atoms. The number of nitro benzene ring substituents is 1. The Hall–Kier alpha value is -0.620. The summed E-state index contributed by atoms with van der Waals surface area (Å²) in [7, 11) is 0. The summed E-state index contributed by atoms with van der Waals surface area (Å²) in [5, 5.41) is 18.8. The number of hydrogen-bond acceptors (Lipinski definition) is 3. The first kappa shape index (κ1) is 13.4. The van der Waals surface area contributed by atoms with Crippen LogP contribution in [0.3, 0.4) is 0 Å². The average Bonchev–Trinajstić information content (AvgIpc) is 2.04. The summed E-state index contributed by atoms with van der Waals surface area (Å²) in [6, 6.07) is 3.25. The van der Waals surface area contributed by atoms with Crippen LogP contribution in [0.5, 0.6) is 0 Å². The Bertz CT molecular complexity index is 382. The van der Waals surface area contributed by atoms with Gasteiger partial charge in [0, 0.05) is 12.1 Å². The number of aromatic carboxylic acids is 1. The number of hydrogen-bond donors (Lipinski definition) is 1. The molecule has 0 aliphatic heterocycles. The van der Waals surface area contributed by atoms with E-state index in [1.54, 1.807) is 0 Å². The second kappa shape index (κ2) is 5.31. The van der Waals surface area contributed by atoms with E-state index < -0.39 is 10.9 Å². The summed E-state index contributed by atoms with van der Waals surface area (Å²) in [6.07, 6.45) is 0. The van der Waals surface area contributed by atoms with Crippen LogP contribution >= 0.6 is 11.6 Å². The van der Waals surface area contributed by atoms with Gasteiger partial charge in [-0.15, -0.1) is 0 Å². The standard InChI is InChI=1S/C7H4ClNO4.Na.H/c8-6-2-1-4(9(12)13)3-5(6)7(10)11;;/h1-3H,(H,10,11);;. The van der Waals surface area contributed by atoms with Gasteiger partial charge < -0.3 is 5.11 Å². The topological polar surface area (TPSA) is 80.4 Å². The molecule has 0 heterocycles. The second-order valence-electron chi connectivity index (χ2n) is 2.23. The Labute approximate surface area is 106 Å². The molecule has 1 aromatic rings. The predicted molar refractivity (Wildman–Crippen MR) is 52.2 cm³/mol. The Morgan fingerprint density at radius 2 is 2.07 bits per heavy atom. The van der Waals surface area contributed by atoms with Crippen molar-refractivity contribution < 1.29 is 14.8 Å². The molecule has 0 saturated carbocycles. The quantitative estimate of drug-likeness (QED) is 0.467. The third-order valence-corrected chi connectivity index (χ3v) is 1.72. The molecule has 1 aromatic carbocycles. The summed E-state index contributed by atoms with van der Waals surface area (Å²) in [5.74, 6) is -1.28. The summed E-state index contributed by atoms with van der Waals surface area (Å²) in [6.45, 7) is 0. The van der Waals surface area contributed by atoms with Gasteiger partial charge in [0.05, 0.1) is 15.5 Å². The van der Waals surface area contributed by atoms with Crippen molar-refractivity contribution in [1.82, 2.24) is 0 Å². The van der Waals surface area contributed by atoms with E-state index in [0.717, 1.165) is 12.1 Å². The van der Waals surface area contributed by atoms with Gasteiger partial charge in [0.25, 0.3) is 5.69 Å². The van der Waals surface area contributed by atoms with Gasteiger partial charge in [0.2, 0.25) is 0 Å². The van der Waals surface area contributed by atoms with Crippen LogP contribution in [-0.2, 0) is 0 Å². The van der Waals surface area contributed by atoms with E-state index in [0.29, 0.717) is 0 Å². The SMILES string of the molecule is O=C(O)c1cc([N+](=O)[O-])ccc1Cl.[NaH]. The predicted octanol–water partition coefficient (Wildman–Crippen LogP) is 1.30. The van der Waals surface area contributed by atoms with Gasteiger partial charge in [-0.2, -0.15) is 0 Å². The molecule has 1 rings (SSSR count). The van der Waals surface area contributed by atoms with Crippen molar-refractivity contribution in [1.29, 1.82) is 0 Å². The molecule has 0 fully saturated rings. The third-order valence-electron chi connectivity index (χ3n) is 1.39. The fraction of sp³-hybridized carbons (Fsp3) is 0. The number of halogens is 1. The van der Waals surface area contributed by atoms with Gasteiger partial charge in [0.15, 0.2) is 0 Å². The molecule has 7 heteroatoms. The average molecular weight is 226 g/mol.